The molecule has 3 nitrogen and oxygen atoms in total. The van der Waals surface area contributed by atoms with Crippen molar-refractivity contribution in [3.8, 4) is 0 Å². The zero-order valence-corrected chi connectivity index (χ0v) is 12.6. The van der Waals surface area contributed by atoms with Crippen LogP contribution in [0.4, 0.5) is 11.4 Å². The highest BCUT2D eigenvalue weighted by atomic mass is 15.1. The minimum absolute atomic E-state index is 0.872. The number of nitrogens with zero attached hydrogens (tertiary/aromatic N) is 2. The van der Waals surface area contributed by atoms with Crippen LogP contribution >= 0.6 is 0 Å². The summed E-state index contributed by atoms with van der Waals surface area (Å²) in [5.74, 6) is 0. The van der Waals surface area contributed by atoms with Gasteiger partial charge in [-0.2, -0.15) is 10.2 Å². The van der Waals surface area contributed by atoms with Crippen molar-refractivity contribution in [1.82, 2.24) is 4.98 Å². The average molecular weight is 299 g/mol. The van der Waals surface area contributed by atoms with Crippen molar-refractivity contribution >= 4 is 22.3 Å². The Balaban J connectivity index is 0.000000149. The summed E-state index contributed by atoms with van der Waals surface area (Å²) in [6.07, 6.45) is 1.95. The fourth-order valence-corrected chi connectivity index (χ4v) is 2.10. The van der Waals surface area contributed by atoms with Gasteiger partial charge in [-0.05, 0) is 41.8 Å². The molecule has 0 aliphatic carbocycles. The average Bonchev–Trinajstić information content (AvgIpc) is 3.11. The standard InChI is InChI=1S/C12H10N2.C8H7N/c1-3-7-11(8-4-1)13-14-12-9-5-2-6-10-12;1-2-4-8-7(3-1)5-6-9-8/h1-10H;1-6,9H/b14-13+;. The summed E-state index contributed by atoms with van der Waals surface area (Å²) in [7, 11) is 0. The monoisotopic (exact) mass is 299 g/mol. The predicted octanol–water partition coefficient (Wildman–Crippen LogP) is 6.27. The molecule has 3 aromatic carbocycles. The van der Waals surface area contributed by atoms with E-state index in [1.807, 2.05) is 79.0 Å². The molecular formula is C20H17N3. The van der Waals surface area contributed by atoms with Crippen molar-refractivity contribution < 1.29 is 0 Å². The smallest absolute Gasteiger partial charge is 0.0857 e. The Labute approximate surface area is 135 Å². The summed E-state index contributed by atoms with van der Waals surface area (Å²) in [6.45, 7) is 0. The quantitative estimate of drug-likeness (QED) is 0.424. The number of azo groups is 1. The molecule has 0 bridgehead atoms. The first-order chi connectivity index (χ1) is 11.4. The number of H-pyrrole nitrogens is 1. The van der Waals surface area contributed by atoms with Crippen molar-refractivity contribution in [1.29, 1.82) is 0 Å². The number of para-hydroxylation sites is 1. The lowest BCUT2D eigenvalue weighted by Gasteiger charge is -1.91. The summed E-state index contributed by atoms with van der Waals surface area (Å²) in [6, 6.07) is 29.7. The van der Waals surface area contributed by atoms with Gasteiger partial charge in [-0.15, -0.1) is 0 Å². The second kappa shape index (κ2) is 7.71. The number of aromatic nitrogens is 1. The van der Waals surface area contributed by atoms with Gasteiger partial charge >= 0.3 is 0 Å². The van der Waals surface area contributed by atoms with Gasteiger partial charge in [0, 0.05) is 11.7 Å². The van der Waals surface area contributed by atoms with Gasteiger partial charge in [0.15, 0.2) is 0 Å². The van der Waals surface area contributed by atoms with Gasteiger partial charge in [0.05, 0.1) is 11.4 Å². The zero-order valence-electron chi connectivity index (χ0n) is 12.6. The number of rotatable bonds is 2. The van der Waals surface area contributed by atoms with Crippen molar-refractivity contribution in [2.75, 3.05) is 0 Å². The first-order valence-electron chi connectivity index (χ1n) is 7.46. The van der Waals surface area contributed by atoms with E-state index in [0.717, 1.165) is 11.4 Å². The Morgan fingerprint density at radius 3 is 1.61 bits per heavy atom. The number of fused-ring (bicyclic) bond motifs is 1. The Morgan fingerprint density at radius 2 is 1.04 bits per heavy atom. The number of aromatic amines is 1. The van der Waals surface area contributed by atoms with Crippen LogP contribution in [0, 0.1) is 0 Å². The molecular weight excluding hydrogens is 282 g/mol. The van der Waals surface area contributed by atoms with E-state index in [9.17, 15) is 0 Å². The number of nitrogens with one attached hydrogen (secondary N) is 1. The van der Waals surface area contributed by atoms with Crippen LogP contribution in [0.3, 0.4) is 0 Å². The molecule has 3 heteroatoms. The minimum Gasteiger partial charge on any atom is -0.361 e. The van der Waals surface area contributed by atoms with Crippen molar-refractivity contribution in [2.24, 2.45) is 10.2 Å². The van der Waals surface area contributed by atoms with Crippen LogP contribution in [-0.4, -0.2) is 4.98 Å². The van der Waals surface area contributed by atoms with E-state index in [1.165, 1.54) is 10.9 Å². The largest absolute Gasteiger partial charge is 0.361 e. The zero-order chi connectivity index (χ0) is 15.7. The van der Waals surface area contributed by atoms with E-state index in [-0.39, 0.29) is 0 Å². The molecule has 1 aromatic heterocycles. The molecule has 1 heterocycles. The molecule has 0 unspecified atom stereocenters. The van der Waals surface area contributed by atoms with Gasteiger partial charge in [-0.3, -0.25) is 0 Å². The van der Waals surface area contributed by atoms with Crippen LogP contribution < -0.4 is 0 Å². The summed E-state index contributed by atoms with van der Waals surface area (Å²) < 4.78 is 0. The van der Waals surface area contributed by atoms with Crippen LogP contribution in [0.1, 0.15) is 0 Å². The van der Waals surface area contributed by atoms with E-state index in [4.69, 9.17) is 0 Å². The van der Waals surface area contributed by atoms with E-state index in [0.29, 0.717) is 0 Å². The van der Waals surface area contributed by atoms with E-state index < -0.39 is 0 Å². The van der Waals surface area contributed by atoms with Crippen molar-refractivity contribution in [3.63, 3.8) is 0 Å². The maximum Gasteiger partial charge on any atom is 0.0857 e. The first kappa shape index (κ1) is 14.7. The van der Waals surface area contributed by atoms with Gasteiger partial charge in [-0.1, -0.05) is 54.6 Å². The highest BCUT2D eigenvalue weighted by molar-refractivity contribution is 5.78. The normalized spacial score (nSPS) is 10.4. The Morgan fingerprint density at radius 1 is 0.522 bits per heavy atom. The third kappa shape index (κ3) is 4.38. The van der Waals surface area contributed by atoms with Crippen molar-refractivity contribution in [2.45, 2.75) is 0 Å². The molecule has 0 aliphatic rings. The Hall–Kier alpha value is -3.20. The molecule has 4 aromatic rings. The summed E-state index contributed by atoms with van der Waals surface area (Å²) >= 11 is 0. The van der Waals surface area contributed by atoms with Crippen LogP contribution in [0.2, 0.25) is 0 Å². The molecule has 0 saturated carbocycles. The highest BCUT2D eigenvalue weighted by Crippen LogP contribution is 2.16. The second-order valence-corrected chi connectivity index (χ2v) is 4.94. The third-order valence-corrected chi connectivity index (χ3v) is 3.26. The van der Waals surface area contributed by atoms with Gasteiger partial charge < -0.3 is 4.98 Å². The number of hydrogen-bond acceptors (Lipinski definition) is 2. The minimum atomic E-state index is 0.872. The van der Waals surface area contributed by atoms with E-state index in [1.54, 1.807) is 0 Å². The van der Waals surface area contributed by atoms with Gasteiger partial charge in [0.2, 0.25) is 0 Å². The highest BCUT2D eigenvalue weighted by Gasteiger charge is 1.87. The Bertz CT molecular complexity index is 793. The van der Waals surface area contributed by atoms with Crippen LogP contribution in [-0.2, 0) is 0 Å². The summed E-state index contributed by atoms with van der Waals surface area (Å²) in [5, 5.41) is 9.48. The fourth-order valence-electron chi connectivity index (χ4n) is 2.10. The van der Waals surface area contributed by atoms with Crippen LogP contribution in [0.15, 0.2) is 107 Å². The van der Waals surface area contributed by atoms with Gasteiger partial charge in [-0.25, -0.2) is 0 Å². The maximum atomic E-state index is 4.10. The lowest BCUT2D eigenvalue weighted by Crippen LogP contribution is -1.62. The topological polar surface area (TPSA) is 40.5 Å². The molecule has 0 saturated heterocycles. The second-order valence-electron chi connectivity index (χ2n) is 4.94. The lowest BCUT2D eigenvalue weighted by atomic mass is 10.3. The first-order valence-corrected chi connectivity index (χ1v) is 7.46. The fraction of sp³-hybridized carbons (Fsp3) is 0. The Kier molecular flexibility index (Phi) is 4.93. The number of hydrogen-bond donors (Lipinski definition) is 1. The van der Waals surface area contributed by atoms with Gasteiger partial charge in [0.1, 0.15) is 0 Å². The van der Waals surface area contributed by atoms with E-state index >= 15 is 0 Å². The van der Waals surface area contributed by atoms with Crippen LogP contribution in [0.5, 0.6) is 0 Å². The van der Waals surface area contributed by atoms with Crippen molar-refractivity contribution in [3.05, 3.63) is 97.2 Å². The predicted molar refractivity (Wildman–Crippen MR) is 95.4 cm³/mol. The SMILES string of the molecule is c1ccc(/N=N/c2ccccc2)cc1.c1ccc2[nH]ccc2c1. The number of benzene rings is 3. The maximum absolute atomic E-state index is 4.10. The molecule has 0 atom stereocenters. The summed E-state index contributed by atoms with van der Waals surface area (Å²) in [5.41, 5.74) is 2.95. The molecule has 0 aliphatic heterocycles. The molecule has 0 spiro atoms. The molecule has 4 rings (SSSR count). The lowest BCUT2D eigenvalue weighted by molar-refractivity contribution is 1.23. The molecule has 0 radical (unpaired) electrons. The molecule has 1 N–H and O–H groups in total. The molecule has 112 valence electrons. The van der Waals surface area contributed by atoms with Crippen LogP contribution in [0.25, 0.3) is 10.9 Å². The third-order valence-electron chi connectivity index (χ3n) is 3.26. The molecule has 0 amide bonds. The summed E-state index contributed by atoms with van der Waals surface area (Å²) in [4.78, 5) is 3.12. The van der Waals surface area contributed by atoms with E-state index in [2.05, 4.69) is 33.4 Å². The molecule has 23 heavy (non-hydrogen) atoms. The molecule has 0 fully saturated rings. The van der Waals surface area contributed by atoms with Gasteiger partial charge in [0.25, 0.3) is 0 Å².